The molecular weight excluding hydrogens is 227 g/mol. The molecule has 1 fully saturated rings. The van der Waals surface area contributed by atoms with Crippen molar-refractivity contribution in [2.24, 2.45) is 11.7 Å². The van der Waals surface area contributed by atoms with E-state index in [1.807, 2.05) is 0 Å². The van der Waals surface area contributed by atoms with Gasteiger partial charge in [-0.2, -0.15) is 0 Å². The Labute approximate surface area is 68.2 Å². The smallest absolute Gasteiger partial charge is 0.0496 e. The van der Waals surface area contributed by atoms with Gasteiger partial charge < -0.3 is 11.1 Å². The van der Waals surface area contributed by atoms with Crippen LogP contribution in [0.2, 0.25) is 0 Å². The van der Waals surface area contributed by atoms with Crippen LogP contribution in [0.25, 0.3) is 0 Å². The number of nitrogens with two attached hydrogens (primary N) is 1. The van der Waals surface area contributed by atoms with Crippen LogP contribution in [-0.2, 0) is 0 Å². The van der Waals surface area contributed by atoms with Gasteiger partial charge in [0, 0.05) is 15.5 Å². The largest absolute Gasteiger partial charge is 0.401 e. The summed E-state index contributed by atoms with van der Waals surface area (Å²) in [7, 11) is 0. The maximum absolute atomic E-state index is 6.89. The minimum Gasteiger partial charge on any atom is -0.401 e. The maximum atomic E-state index is 6.89. The second-order valence-electron chi connectivity index (χ2n) is 2.22. The van der Waals surface area contributed by atoms with Crippen molar-refractivity contribution in [3.63, 3.8) is 0 Å². The van der Waals surface area contributed by atoms with Crippen LogP contribution in [0.5, 0.6) is 0 Å². The summed E-state index contributed by atoms with van der Waals surface area (Å²) >= 11 is 2.10. The third-order valence-corrected chi connectivity index (χ3v) is 2.35. The Kier molecular flexibility index (Phi) is 2.10. The standard InChI is InChI=1S/C6H9IN2/c7-5(3-8)6(9)4-1-2-4/h3-4,8H,1-2,9H2/b6-5+,8-3?. The summed E-state index contributed by atoms with van der Waals surface area (Å²) < 4.78 is 0.898. The Morgan fingerprint density at radius 2 is 2.22 bits per heavy atom. The van der Waals surface area contributed by atoms with Gasteiger partial charge in [0.25, 0.3) is 0 Å². The predicted molar refractivity (Wildman–Crippen MR) is 46.7 cm³/mol. The zero-order valence-corrected chi connectivity index (χ0v) is 7.18. The van der Waals surface area contributed by atoms with E-state index in [1.165, 1.54) is 19.1 Å². The highest BCUT2D eigenvalue weighted by atomic mass is 127. The summed E-state index contributed by atoms with van der Waals surface area (Å²) in [5.41, 5.74) is 6.56. The van der Waals surface area contributed by atoms with Crippen LogP contribution in [0, 0.1) is 11.3 Å². The lowest BCUT2D eigenvalue weighted by molar-refractivity contribution is 0.982. The number of nitrogens with one attached hydrogen (secondary N) is 1. The van der Waals surface area contributed by atoms with Gasteiger partial charge in [0.05, 0.1) is 0 Å². The van der Waals surface area contributed by atoms with Crippen LogP contribution < -0.4 is 5.73 Å². The molecule has 0 radical (unpaired) electrons. The molecule has 0 bridgehead atoms. The Hall–Kier alpha value is -0.0600. The first-order valence-electron chi connectivity index (χ1n) is 2.91. The van der Waals surface area contributed by atoms with Gasteiger partial charge in [0.15, 0.2) is 0 Å². The van der Waals surface area contributed by atoms with Crippen molar-refractivity contribution in [2.45, 2.75) is 12.8 Å². The molecule has 50 valence electrons. The monoisotopic (exact) mass is 236 g/mol. The van der Waals surface area contributed by atoms with Crippen molar-refractivity contribution in [2.75, 3.05) is 0 Å². The predicted octanol–water partition coefficient (Wildman–Crippen LogP) is 1.65. The summed E-state index contributed by atoms with van der Waals surface area (Å²) in [4.78, 5) is 0. The van der Waals surface area contributed by atoms with E-state index in [0.29, 0.717) is 5.92 Å². The van der Waals surface area contributed by atoms with Crippen molar-refractivity contribution >= 4 is 28.8 Å². The van der Waals surface area contributed by atoms with Crippen LogP contribution in [0.3, 0.4) is 0 Å². The highest BCUT2D eigenvalue weighted by molar-refractivity contribution is 14.1. The molecule has 0 heterocycles. The number of rotatable bonds is 2. The number of allylic oxidation sites excluding steroid dienone is 2. The van der Waals surface area contributed by atoms with Crippen LogP contribution in [0.1, 0.15) is 12.8 Å². The second kappa shape index (κ2) is 2.68. The fraction of sp³-hybridized carbons (Fsp3) is 0.500. The third kappa shape index (κ3) is 1.67. The quantitative estimate of drug-likeness (QED) is 0.555. The zero-order chi connectivity index (χ0) is 6.85. The fourth-order valence-electron chi connectivity index (χ4n) is 0.673. The molecule has 9 heavy (non-hydrogen) atoms. The topological polar surface area (TPSA) is 49.9 Å². The van der Waals surface area contributed by atoms with E-state index in [0.717, 1.165) is 9.28 Å². The van der Waals surface area contributed by atoms with E-state index in [9.17, 15) is 0 Å². The van der Waals surface area contributed by atoms with Crippen molar-refractivity contribution in [3.8, 4) is 0 Å². The van der Waals surface area contributed by atoms with E-state index >= 15 is 0 Å². The lowest BCUT2D eigenvalue weighted by Gasteiger charge is -1.96. The molecule has 0 saturated heterocycles. The molecule has 0 unspecified atom stereocenters. The Bertz CT molecular complexity index is 158. The van der Waals surface area contributed by atoms with Crippen molar-refractivity contribution < 1.29 is 0 Å². The number of hydrogen-bond donors (Lipinski definition) is 2. The van der Waals surface area contributed by atoms with E-state index in [-0.39, 0.29) is 0 Å². The molecule has 1 aliphatic rings. The van der Waals surface area contributed by atoms with Gasteiger partial charge in [-0.05, 0) is 41.4 Å². The minimum atomic E-state index is 0.596. The molecule has 0 aromatic carbocycles. The summed E-state index contributed by atoms with van der Waals surface area (Å²) in [6.45, 7) is 0. The molecule has 2 nitrogen and oxygen atoms in total. The van der Waals surface area contributed by atoms with Crippen molar-refractivity contribution in [3.05, 3.63) is 9.28 Å². The molecule has 0 spiro atoms. The summed E-state index contributed by atoms with van der Waals surface area (Å²) in [6.07, 6.45) is 3.74. The van der Waals surface area contributed by atoms with E-state index < -0.39 is 0 Å². The van der Waals surface area contributed by atoms with Gasteiger partial charge in [0.1, 0.15) is 0 Å². The number of hydrogen-bond acceptors (Lipinski definition) is 2. The lowest BCUT2D eigenvalue weighted by Crippen LogP contribution is -2.01. The molecule has 1 rings (SSSR count). The van der Waals surface area contributed by atoms with Gasteiger partial charge in [-0.1, -0.05) is 0 Å². The van der Waals surface area contributed by atoms with Gasteiger partial charge >= 0.3 is 0 Å². The summed E-state index contributed by atoms with van der Waals surface area (Å²) in [6, 6.07) is 0. The molecule has 0 atom stereocenters. The first kappa shape index (κ1) is 7.05. The van der Waals surface area contributed by atoms with E-state index in [2.05, 4.69) is 22.6 Å². The summed E-state index contributed by atoms with van der Waals surface area (Å²) in [5, 5.41) is 6.89. The highest BCUT2D eigenvalue weighted by Gasteiger charge is 2.25. The molecule has 3 N–H and O–H groups in total. The molecule has 0 aromatic heterocycles. The molecule has 1 aliphatic carbocycles. The molecule has 0 aromatic rings. The first-order chi connectivity index (χ1) is 4.25. The van der Waals surface area contributed by atoms with Gasteiger partial charge in [-0.3, -0.25) is 0 Å². The van der Waals surface area contributed by atoms with E-state index in [1.54, 1.807) is 0 Å². The summed E-state index contributed by atoms with van der Waals surface area (Å²) in [5.74, 6) is 0.596. The molecule has 0 aliphatic heterocycles. The second-order valence-corrected chi connectivity index (χ2v) is 3.38. The molecule has 1 saturated carbocycles. The lowest BCUT2D eigenvalue weighted by atomic mass is 10.3. The molecule has 0 amide bonds. The molecular formula is C6H9IN2. The fourth-order valence-corrected chi connectivity index (χ4v) is 1.11. The van der Waals surface area contributed by atoms with Crippen molar-refractivity contribution in [1.29, 1.82) is 5.41 Å². The average molecular weight is 236 g/mol. The SMILES string of the molecule is N=C/C(I)=C(\N)C1CC1. The Morgan fingerprint density at radius 1 is 1.67 bits per heavy atom. The van der Waals surface area contributed by atoms with Gasteiger partial charge in [-0.25, -0.2) is 0 Å². The molecule has 3 heteroatoms. The van der Waals surface area contributed by atoms with Gasteiger partial charge in [0.2, 0.25) is 0 Å². The van der Waals surface area contributed by atoms with Crippen LogP contribution >= 0.6 is 22.6 Å². The normalized spacial score (nSPS) is 21.0. The Balaban J connectivity index is 2.64. The third-order valence-electron chi connectivity index (χ3n) is 1.42. The van der Waals surface area contributed by atoms with E-state index in [4.69, 9.17) is 11.1 Å². The maximum Gasteiger partial charge on any atom is 0.0496 e. The number of halogens is 1. The van der Waals surface area contributed by atoms with Crippen LogP contribution in [0.4, 0.5) is 0 Å². The van der Waals surface area contributed by atoms with Gasteiger partial charge in [-0.15, -0.1) is 0 Å². The highest BCUT2D eigenvalue weighted by Crippen LogP contribution is 2.35. The van der Waals surface area contributed by atoms with Crippen LogP contribution in [0.15, 0.2) is 9.28 Å². The average Bonchev–Trinajstić information content (AvgIpc) is 2.66. The minimum absolute atomic E-state index is 0.596. The van der Waals surface area contributed by atoms with Crippen LogP contribution in [-0.4, -0.2) is 6.21 Å². The zero-order valence-electron chi connectivity index (χ0n) is 5.02. The first-order valence-corrected chi connectivity index (χ1v) is 3.99. The van der Waals surface area contributed by atoms with Crippen molar-refractivity contribution in [1.82, 2.24) is 0 Å². The Morgan fingerprint density at radius 3 is 2.56 bits per heavy atom.